The highest BCUT2D eigenvalue weighted by Gasteiger charge is 2.15. The van der Waals surface area contributed by atoms with Crippen LogP contribution in [0.25, 0.3) is 11.3 Å². The highest BCUT2D eigenvalue weighted by Crippen LogP contribution is 2.36. The second-order valence-electron chi connectivity index (χ2n) is 3.91. The van der Waals surface area contributed by atoms with Crippen molar-refractivity contribution in [1.82, 2.24) is 5.16 Å². The van der Waals surface area contributed by atoms with Gasteiger partial charge in [-0.1, -0.05) is 5.16 Å². The number of aromatic nitrogens is 1. The topological polar surface area (TPSA) is 79.7 Å². The summed E-state index contributed by atoms with van der Waals surface area (Å²) in [6.07, 6.45) is 0. The average molecular weight is 264 g/mol. The van der Waals surface area contributed by atoms with Gasteiger partial charge in [-0.25, -0.2) is 0 Å². The van der Waals surface area contributed by atoms with Gasteiger partial charge in [0.05, 0.1) is 20.8 Å². The van der Waals surface area contributed by atoms with Gasteiger partial charge < -0.3 is 24.5 Å². The van der Waals surface area contributed by atoms with Crippen molar-refractivity contribution < 1.29 is 18.7 Å². The van der Waals surface area contributed by atoms with E-state index in [2.05, 4.69) is 5.16 Å². The van der Waals surface area contributed by atoms with E-state index in [0.717, 1.165) is 11.1 Å². The molecule has 19 heavy (non-hydrogen) atoms. The third kappa shape index (κ3) is 2.63. The Morgan fingerprint density at radius 1 is 1.11 bits per heavy atom. The molecule has 0 bridgehead atoms. The van der Waals surface area contributed by atoms with Crippen molar-refractivity contribution >= 4 is 5.88 Å². The first kappa shape index (κ1) is 13.2. The summed E-state index contributed by atoms with van der Waals surface area (Å²) in [6, 6.07) is 5.33. The molecule has 102 valence electrons. The largest absolute Gasteiger partial charge is 0.493 e. The smallest absolute Gasteiger partial charge is 0.222 e. The molecule has 0 aliphatic carbocycles. The normalized spacial score (nSPS) is 10.5. The van der Waals surface area contributed by atoms with Gasteiger partial charge in [0.1, 0.15) is 5.69 Å². The zero-order valence-electron chi connectivity index (χ0n) is 11.1. The van der Waals surface area contributed by atoms with E-state index in [1.165, 1.54) is 0 Å². The summed E-state index contributed by atoms with van der Waals surface area (Å²) in [5.74, 6) is 1.50. The summed E-state index contributed by atoms with van der Waals surface area (Å²) >= 11 is 0. The number of ether oxygens (including phenoxy) is 3. The molecule has 2 aromatic rings. The maximum atomic E-state index is 5.55. The van der Waals surface area contributed by atoms with Crippen molar-refractivity contribution in [2.75, 3.05) is 27.1 Å². The molecule has 0 saturated carbocycles. The minimum atomic E-state index is 0.258. The Labute approximate surface area is 111 Å². The maximum Gasteiger partial charge on any atom is 0.222 e. The van der Waals surface area contributed by atoms with Gasteiger partial charge >= 0.3 is 0 Å². The van der Waals surface area contributed by atoms with Crippen molar-refractivity contribution in [2.45, 2.75) is 6.61 Å². The third-order valence-electron chi connectivity index (χ3n) is 2.71. The van der Waals surface area contributed by atoms with E-state index in [-0.39, 0.29) is 5.88 Å². The Morgan fingerprint density at radius 3 is 2.32 bits per heavy atom. The van der Waals surface area contributed by atoms with Gasteiger partial charge in [-0.15, -0.1) is 0 Å². The van der Waals surface area contributed by atoms with E-state index in [1.54, 1.807) is 27.4 Å². The number of nitrogens with two attached hydrogens (primary N) is 1. The summed E-state index contributed by atoms with van der Waals surface area (Å²) in [4.78, 5) is 0. The first-order chi connectivity index (χ1) is 9.19. The van der Waals surface area contributed by atoms with Crippen LogP contribution in [-0.2, 0) is 11.3 Å². The molecular formula is C13H16N2O4. The summed E-state index contributed by atoms with van der Waals surface area (Å²) in [7, 11) is 4.79. The number of hydrogen-bond donors (Lipinski definition) is 1. The van der Waals surface area contributed by atoms with Gasteiger partial charge in [0, 0.05) is 18.7 Å². The Morgan fingerprint density at radius 2 is 1.79 bits per heavy atom. The summed E-state index contributed by atoms with van der Waals surface area (Å²) in [5.41, 5.74) is 7.92. The van der Waals surface area contributed by atoms with Crippen LogP contribution in [0.1, 0.15) is 5.56 Å². The van der Waals surface area contributed by atoms with E-state index in [1.807, 2.05) is 12.1 Å². The molecule has 0 saturated heterocycles. The number of nitrogens with zero attached hydrogens (tertiary/aromatic N) is 1. The van der Waals surface area contributed by atoms with Gasteiger partial charge in [0.25, 0.3) is 0 Å². The number of methoxy groups -OCH3 is 3. The summed E-state index contributed by atoms with van der Waals surface area (Å²) in [5, 5.41) is 3.91. The number of benzene rings is 1. The standard InChI is InChI=1S/C13H16N2O4/c1-16-7-8-4-11(17-2)12(18-3)5-9(8)10-6-13(14)19-15-10/h4-6H,7,14H2,1-3H3. The maximum absolute atomic E-state index is 5.55. The van der Waals surface area contributed by atoms with Crippen molar-refractivity contribution in [3.63, 3.8) is 0 Å². The van der Waals surface area contributed by atoms with Crippen LogP contribution >= 0.6 is 0 Å². The van der Waals surface area contributed by atoms with Gasteiger partial charge in [-0.2, -0.15) is 0 Å². The SMILES string of the molecule is COCc1cc(OC)c(OC)cc1-c1cc(N)on1. The lowest BCUT2D eigenvalue weighted by atomic mass is 10.0. The van der Waals surface area contributed by atoms with Gasteiger partial charge in [-0.05, 0) is 17.7 Å². The fourth-order valence-corrected chi connectivity index (χ4v) is 1.85. The predicted octanol–water partition coefficient (Wildman–Crippen LogP) is 2.09. The first-order valence-corrected chi connectivity index (χ1v) is 5.66. The fourth-order valence-electron chi connectivity index (χ4n) is 1.85. The number of anilines is 1. The summed E-state index contributed by atoms with van der Waals surface area (Å²) in [6.45, 7) is 0.419. The lowest BCUT2D eigenvalue weighted by Crippen LogP contribution is -1.97. The number of rotatable bonds is 5. The second kappa shape index (κ2) is 5.62. The molecule has 0 spiro atoms. The molecule has 2 rings (SSSR count). The lowest BCUT2D eigenvalue weighted by Gasteiger charge is -2.13. The molecule has 0 atom stereocenters. The molecule has 0 aliphatic rings. The van der Waals surface area contributed by atoms with E-state index >= 15 is 0 Å². The van der Waals surface area contributed by atoms with Gasteiger partial charge in [0.15, 0.2) is 11.5 Å². The van der Waals surface area contributed by atoms with E-state index in [0.29, 0.717) is 23.8 Å². The molecule has 0 unspecified atom stereocenters. The van der Waals surface area contributed by atoms with Crippen LogP contribution in [0.4, 0.5) is 5.88 Å². The van der Waals surface area contributed by atoms with Crippen LogP contribution in [0.3, 0.4) is 0 Å². The Kier molecular flexibility index (Phi) is 3.91. The molecule has 6 heteroatoms. The lowest BCUT2D eigenvalue weighted by molar-refractivity contribution is 0.185. The Bertz CT molecular complexity index is 566. The molecule has 2 N–H and O–H groups in total. The van der Waals surface area contributed by atoms with E-state index < -0.39 is 0 Å². The molecule has 1 aromatic heterocycles. The van der Waals surface area contributed by atoms with E-state index in [9.17, 15) is 0 Å². The molecule has 0 aliphatic heterocycles. The second-order valence-corrected chi connectivity index (χ2v) is 3.91. The van der Waals surface area contributed by atoms with Crippen LogP contribution in [-0.4, -0.2) is 26.5 Å². The highest BCUT2D eigenvalue weighted by atomic mass is 16.5. The molecule has 0 fully saturated rings. The van der Waals surface area contributed by atoms with Crippen LogP contribution in [0, 0.1) is 0 Å². The minimum Gasteiger partial charge on any atom is -0.493 e. The van der Waals surface area contributed by atoms with Gasteiger partial charge in [0.2, 0.25) is 5.88 Å². The van der Waals surface area contributed by atoms with Crippen molar-refractivity contribution in [3.05, 3.63) is 23.8 Å². The van der Waals surface area contributed by atoms with Crippen LogP contribution in [0.2, 0.25) is 0 Å². The van der Waals surface area contributed by atoms with Crippen LogP contribution in [0.15, 0.2) is 22.7 Å². The third-order valence-corrected chi connectivity index (χ3v) is 2.71. The molecular weight excluding hydrogens is 248 g/mol. The monoisotopic (exact) mass is 264 g/mol. The van der Waals surface area contributed by atoms with Gasteiger partial charge in [-0.3, -0.25) is 0 Å². The summed E-state index contributed by atoms with van der Waals surface area (Å²) < 4.78 is 20.6. The zero-order valence-corrected chi connectivity index (χ0v) is 11.1. The molecule has 6 nitrogen and oxygen atoms in total. The van der Waals surface area contributed by atoms with Crippen molar-refractivity contribution in [1.29, 1.82) is 0 Å². The van der Waals surface area contributed by atoms with Crippen LogP contribution in [0.5, 0.6) is 11.5 Å². The molecule has 1 aromatic carbocycles. The van der Waals surface area contributed by atoms with Crippen molar-refractivity contribution in [3.8, 4) is 22.8 Å². The molecule has 1 heterocycles. The Hall–Kier alpha value is -2.21. The quantitative estimate of drug-likeness (QED) is 0.890. The van der Waals surface area contributed by atoms with E-state index in [4.69, 9.17) is 24.5 Å². The first-order valence-electron chi connectivity index (χ1n) is 5.66. The van der Waals surface area contributed by atoms with Crippen molar-refractivity contribution in [2.24, 2.45) is 0 Å². The molecule has 0 radical (unpaired) electrons. The fraction of sp³-hybridized carbons (Fsp3) is 0.308. The number of hydrogen-bond acceptors (Lipinski definition) is 6. The minimum absolute atomic E-state index is 0.258. The predicted molar refractivity (Wildman–Crippen MR) is 70.2 cm³/mol. The van der Waals surface area contributed by atoms with Crippen LogP contribution < -0.4 is 15.2 Å². The Balaban J connectivity index is 2.56. The number of nitrogen functional groups attached to an aromatic ring is 1. The zero-order chi connectivity index (χ0) is 13.8. The average Bonchev–Trinajstić information content (AvgIpc) is 2.85. The molecule has 0 amide bonds. The highest BCUT2D eigenvalue weighted by molar-refractivity contribution is 5.69.